The van der Waals surface area contributed by atoms with E-state index in [9.17, 15) is 13.2 Å². The minimum Gasteiger partial charge on any atom is -0.301 e. The number of nitrogens with zero attached hydrogens (tertiary/aromatic N) is 2. The number of thiophene rings is 1. The lowest BCUT2D eigenvalue weighted by Gasteiger charge is -2.22. The number of nitrogens with one attached hydrogen (secondary N) is 1. The van der Waals surface area contributed by atoms with Gasteiger partial charge in [-0.05, 0) is 55.3 Å². The molecule has 0 saturated carbocycles. The van der Waals surface area contributed by atoms with Gasteiger partial charge in [-0.2, -0.15) is 4.31 Å². The van der Waals surface area contributed by atoms with Gasteiger partial charge in [0, 0.05) is 6.54 Å². The maximum absolute atomic E-state index is 12.8. The van der Waals surface area contributed by atoms with Gasteiger partial charge in [-0.1, -0.05) is 23.5 Å². The summed E-state index contributed by atoms with van der Waals surface area (Å²) in [7, 11) is -3.64. The maximum Gasteiger partial charge on any atom is 0.253 e. The van der Waals surface area contributed by atoms with Crippen molar-refractivity contribution in [1.82, 2.24) is 9.29 Å². The molecule has 0 spiro atoms. The van der Waals surface area contributed by atoms with Crippen LogP contribution in [-0.4, -0.2) is 36.2 Å². The average Bonchev–Trinajstić information content (AvgIpc) is 3.35. The Morgan fingerprint density at radius 1 is 1.33 bits per heavy atom. The van der Waals surface area contributed by atoms with Crippen LogP contribution in [-0.2, 0) is 14.8 Å². The molecule has 6 nitrogen and oxygen atoms in total. The quantitative estimate of drug-likeness (QED) is 0.695. The predicted molar refractivity (Wildman–Crippen MR) is 109 cm³/mol. The van der Waals surface area contributed by atoms with E-state index in [1.54, 1.807) is 17.5 Å². The number of hydrogen-bond donors (Lipinski definition) is 1. The molecule has 0 aliphatic carbocycles. The zero-order chi connectivity index (χ0) is 19.2. The van der Waals surface area contributed by atoms with Gasteiger partial charge in [0.15, 0.2) is 5.13 Å². The van der Waals surface area contributed by atoms with Crippen molar-refractivity contribution in [1.29, 1.82) is 0 Å². The highest BCUT2D eigenvalue weighted by molar-refractivity contribution is 7.91. The van der Waals surface area contributed by atoms with Crippen LogP contribution in [0, 0.1) is 13.8 Å². The van der Waals surface area contributed by atoms with Gasteiger partial charge in [0.25, 0.3) is 10.0 Å². The number of carbonyl (C=O) groups excluding carboxylic acids is 1. The Hall–Kier alpha value is -1.81. The van der Waals surface area contributed by atoms with Crippen LogP contribution in [0.5, 0.6) is 0 Å². The first-order valence-corrected chi connectivity index (χ1v) is 11.7. The summed E-state index contributed by atoms with van der Waals surface area (Å²) in [6.45, 7) is 4.37. The summed E-state index contributed by atoms with van der Waals surface area (Å²) in [6.07, 6.45) is 1.18. The van der Waals surface area contributed by atoms with Crippen LogP contribution >= 0.6 is 22.7 Å². The van der Waals surface area contributed by atoms with Crippen molar-refractivity contribution in [3.63, 3.8) is 0 Å². The summed E-state index contributed by atoms with van der Waals surface area (Å²) in [6, 6.07) is 6.67. The summed E-state index contributed by atoms with van der Waals surface area (Å²) < 4.78 is 28.3. The number of carbonyl (C=O) groups is 1. The molecule has 27 heavy (non-hydrogen) atoms. The molecule has 1 saturated heterocycles. The molecular formula is C18H19N3O3S3. The van der Waals surface area contributed by atoms with Crippen LogP contribution in [0.3, 0.4) is 0 Å². The Morgan fingerprint density at radius 3 is 2.89 bits per heavy atom. The van der Waals surface area contributed by atoms with Gasteiger partial charge >= 0.3 is 0 Å². The van der Waals surface area contributed by atoms with Gasteiger partial charge in [-0.3, -0.25) is 4.79 Å². The standard InChI is InChI=1S/C18H19N3O3S3/c1-11-9-12(2)16-14(10-11)26-18(19-16)20-17(22)13-5-3-7-21(13)27(23,24)15-6-4-8-25-15/h4,6,8-10,13H,3,5,7H2,1-2H3,(H,19,20,22). The third-order valence-corrected chi connectivity index (χ3v) is 8.82. The number of aromatic nitrogens is 1. The average molecular weight is 422 g/mol. The smallest absolute Gasteiger partial charge is 0.253 e. The van der Waals surface area contributed by atoms with Gasteiger partial charge in [0.1, 0.15) is 10.3 Å². The second-order valence-electron chi connectivity index (χ2n) is 6.64. The summed E-state index contributed by atoms with van der Waals surface area (Å²) >= 11 is 2.58. The zero-order valence-corrected chi connectivity index (χ0v) is 17.4. The molecule has 1 unspecified atom stereocenters. The third-order valence-electron chi connectivity index (χ3n) is 4.62. The van der Waals surface area contributed by atoms with Crippen molar-refractivity contribution in [2.75, 3.05) is 11.9 Å². The summed E-state index contributed by atoms with van der Waals surface area (Å²) in [5.74, 6) is -0.318. The molecule has 3 heterocycles. The molecule has 4 rings (SSSR count). The Balaban J connectivity index is 1.58. The van der Waals surface area contributed by atoms with Gasteiger partial charge < -0.3 is 5.32 Å². The molecule has 1 aliphatic heterocycles. The van der Waals surface area contributed by atoms with Crippen LogP contribution in [0.15, 0.2) is 33.9 Å². The second kappa shape index (κ2) is 6.97. The molecule has 1 atom stereocenters. The van der Waals surface area contributed by atoms with E-state index in [1.807, 2.05) is 19.9 Å². The van der Waals surface area contributed by atoms with Crippen molar-refractivity contribution in [2.45, 2.75) is 36.9 Å². The fraction of sp³-hybridized carbons (Fsp3) is 0.333. The molecule has 0 radical (unpaired) electrons. The van der Waals surface area contributed by atoms with E-state index in [4.69, 9.17) is 0 Å². The largest absolute Gasteiger partial charge is 0.301 e. The molecular weight excluding hydrogens is 402 g/mol. The van der Waals surface area contributed by atoms with Crippen LogP contribution in [0.2, 0.25) is 0 Å². The van der Waals surface area contributed by atoms with Crippen molar-refractivity contribution in [3.8, 4) is 0 Å². The van der Waals surface area contributed by atoms with E-state index < -0.39 is 16.1 Å². The number of hydrogen-bond acceptors (Lipinski definition) is 6. The third kappa shape index (κ3) is 3.40. The predicted octanol–water partition coefficient (Wildman–Crippen LogP) is 3.77. The van der Waals surface area contributed by atoms with Crippen LogP contribution in [0.25, 0.3) is 10.2 Å². The lowest BCUT2D eigenvalue weighted by atomic mass is 10.1. The van der Waals surface area contributed by atoms with E-state index in [1.165, 1.54) is 27.0 Å². The van der Waals surface area contributed by atoms with E-state index in [0.29, 0.717) is 24.5 Å². The Bertz CT molecular complexity index is 1100. The molecule has 0 bridgehead atoms. The molecule has 1 fully saturated rings. The number of thiazole rings is 1. The van der Waals surface area contributed by atoms with Crippen molar-refractivity contribution in [3.05, 3.63) is 40.8 Å². The second-order valence-corrected chi connectivity index (χ2v) is 10.7. The highest BCUT2D eigenvalue weighted by atomic mass is 32.2. The minimum absolute atomic E-state index is 0.272. The Morgan fingerprint density at radius 2 is 2.15 bits per heavy atom. The van der Waals surface area contributed by atoms with Gasteiger partial charge in [0.2, 0.25) is 5.91 Å². The highest BCUT2D eigenvalue weighted by Gasteiger charge is 2.40. The molecule has 1 N–H and O–H groups in total. The topological polar surface area (TPSA) is 79.4 Å². The lowest BCUT2D eigenvalue weighted by Crippen LogP contribution is -2.42. The zero-order valence-electron chi connectivity index (χ0n) is 14.9. The summed E-state index contributed by atoms with van der Waals surface area (Å²) in [5.41, 5.74) is 3.07. The molecule has 3 aromatic rings. The first-order valence-electron chi connectivity index (χ1n) is 8.60. The highest BCUT2D eigenvalue weighted by Crippen LogP contribution is 2.32. The molecule has 1 aromatic carbocycles. The lowest BCUT2D eigenvalue weighted by molar-refractivity contribution is -0.119. The number of benzene rings is 1. The van der Waals surface area contributed by atoms with Gasteiger partial charge in [0.05, 0.1) is 10.2 Å². The first kappa shape index (κ1) is 18.5. The van der Waals surface area contributed by atoms with Gasteiger partial charge in [-0.15, -0.1) is 11.3 Å². The van der Waals surface area contributed by atoms with E-state index in [0.717, 1.165) is 21.3 Å². The number of anilines is 1. The number of rotatable bonds is 4. The first-order chi connectivity index (χ1) is 12.9. The number of fused-ring (bicyclic) bond motifs is 1. The van der Waals surface area contributed by atoms with E-state index >= 15 is 0 Å². The fourth-order valence-corrected chi connectivity index (χ4v) is 7.25. The minimum atomic E-state index is -3.64. The summed E-state index contributed by atoms with van der Waals surface area (Å²) in [4.78, 5) is 17.3. The maximum atomic E-state index is 12.8. The molecule has 2 aromatic heterocycles. The fourth-order valence-electron chi connectivity index (χ4n) is 3.43. The van der Waals surface area contributed by atoms with Crippen molar-refractivity contribution >= 4 is 54.0 Å². The number of amides is 1. The van der Waals surface area contributed by atoms with Crippen LogP contribution < -0.4 is 5.32 Å². The molecule has 9 heteroatoms. The Kier molecular flexibility index (Phi) is 4.79. The van der Waals surface area contributed by atoms with Crippen LogP contribution in [0.1, 0.15) is 24.0 Å². The van der Waals surface area contributed by atoms with E-state index in [2.05, 4.69) is 16.4 Å². The molecule has 1 aliphatic rings. The van der Waals surface area contributed by atoms with Gasteiger partial charge in [-0.25, -0.2) is 13.4 Å². The normalized spacial score (nSPS) is 18.2. The van der Waals surface area contributed by atoms with Crippen molar-refractivity contribution in [2.24, 2.45) is 0 Å². The molecule has 1 amide bonds. The number of sulfonamides is 1. The SMILES string of the molecule is Cc1cc(C)c2nc(NC(=O)C3CCCN3S(=O)(=O)c3cccs3)sc2c1. The van der Waals surface area contributed by atoms with E-state index in [-0.39, 0.29) is 10.1 Å². The van der Waals surface area contributed by atoms with Crippen molar-refractivity contribution < 1.29 is 13.2 Å². The number of aryl methyl sites for hydroxylation is 2. The Labute approximate surface area is 165 Å². The van der Waals surface area contributed by atoms with Crippen LogP contribution in [0.4, 0.5) is 5.13 Å². The monoisotopic (exact) mass is 421 g/mol. The summed E-state index contributed by atoms with van der Waals surface area (Å²) in [5, 5.41) is 5.06. The molecule has 142 valence electrons.